The lowest BCUT2D eigenvalue weighted by Gasteiger charge is -2.41. The summed E-state index contributed by atoms with van der Waals surface area (Å²) >= 11 is 0. The van der Waals surface area contributed by atoms with Crippen LogP contribution in [0.2, 0.25) is 0 Å². The summed E-state index contributed by atoms with van der Waals surface area (Å²) in [7, 11) is 0. The fourth-order valence-corrected chi connectivity index (χ4v) is 2.82. The van der Waals surface area contributed by atoms with Gasteiger partial charge >= 0.3 is 0 Å². The molecule has 1 aliphatic rings. The Morgan fingerprint density at radius 3 is 2.79 bits per heavy atom. The highest BCUT2D eigenvalue weighted by Gasteiger charge is 2.28. The van der Waals surface area contributed by atoms with E-state index in [9.17, 15) is 0 Å². The van der Waals surface area contributed by atoms with Gasteiger partial charge in [0, 0.05) is 50.0 Å². The Hall–Kier alpha value is -0.870. The van der Waals surface area contributed by atoms with Crippen LogP contribution in [0.4, 0.5) is 0 Å². The van der Waals surface area contributed by atoms with Gasteiger partial charge in [-0.1, -0.05) is 20.8 Å². The molecular weight excluding hydrogens is 236 g/mol. The maximum absolute atomic E-state index is 4.38. The zero-order valence-electron chi connectivity index (χ0n) is 12.8. The van der Waals surface area contributed by atoms with Crippen molar-refractivity contribution in [3.63, 3.8) is 0 Å². The molecule has 0 bridgehead atoms. The molecule has 0 amide bonds. The average Bonchev–Trinajstić information content (AvgIpc) is 2.86. The maximum Gasteiger partial charge on any atom is 0.0534 e. The summed E-state index contributed by atoms with van der Waals surface area (Å²) in [6.45, 7) is 13.3. The van der Waals surface area contributed by atoms with Crippen LogP contribution < -0.4 is 5.32 Å². The minimum absolute atomic E-state index is 0.615. The summed E-state index contributed by atoms with van der Waals surface area (Å²) in [6.07, 6.45) is 5.40. The molecule has 0 radical (unpaired) electrons. The maximum atomic E-state index is 4.38. The number of hydrogen-bond acceptors (Lipinski definition) is 3. The molecule has 2 rings (SSSR count). The Morgan fingerprint density at radius 2 is 2.21 bits per heavy atom. The second kappa shape index (κ2) is 6.53. The van der Waals surface area contributed by atoms with Gasteiger partial charge in [-0.05, 0) is 19.3 Å². The second-order valence-electron chi connectivity index (χ2n) is 5.95. The second-order valence-corrected chi connectivity index (χ2v) is 5.95. The van der Waals surface area contributed by atoms with E-state index in [4.69, 9.17) is 0 Å². The van der Waals surface area contributed by atoms with Gasteiger partial charge in [0.1, 0.15) is 0 Å². The molecule has 2 heterocycles. The summed E-state index contributed by atoms with van der Waals surface area (Å²) in [5, 5.41) is 8.07. The largest absolute Gasteiger partial charge is 0.311 e. The molecule has 19 heavy (non-hydrogen) atoms. The van der Waals surface area contributed by atoms with E-state index >= 15 is 0 Å². The molecule has 0 saturated carbocycles. The van der Waals surface area contributed by atoms with Crippen LogP contribution in [-0.2, 0) is 13.1 Å². The van der Waals surface area contributed by atoms with Crippen molar-refractivity contribution < 1.29 is 0 Å². The number of rotatable bonds is 5. The number of nitrogens with zero attached hydrogens (tertiary/aromatic N) is 3. The lowest BCUT2D eigenvalue weighted by atomic mass is 9.98. The first-order chi connectivity index (χ1) is 9.13. The standard InChI is InChI=1S/C15H28N4/c1-5-14-8-16-15(12(3)4)11-18(14)9-13-7-17-19(6-2)10-13/h7,10,12,14-16H,5-6,8-9,11H2,1-4H3. The van der Waals surface area contributed by atoms with E-state index in [0.29, 0.717) is 18.0 Å². The van der Waals surface area contributed by atoms with Crippen LogP contribution in [0.5, 0.6) is 0 Å². The molecule has 4 nitrogen and oxygen atoms in total. The average molecular weight is 264 g/mol. The molecule has 4 heteroatoms. The van der Waals surface area contributed by atoms with Gasteiger partial charge in [0.2, 0.25) is 0 Å². The molecule has 1 aromatic heterocycles. The van der Waals surface area contributed by atoms with Crippen LogP contribution in [0.15, 0.2) is 12.4 Å². The van der Waals surface area contributed by atoms with Gasteiger partial charge in [0.25, 0.3) is 0 Å². The Morgan fingerprint density at radius 1 is 1.42 bits per heavy atom. The normalized spacial score (nSPS) is 25.1. The third kappa shape index (κ3) is 3.57. The lowest BCUT2D eigenvalue weighted by molar-refractivity contribution is 0.103. The minimum Gasteiger partial charge on any atom is -0.311 e. The lowest BCUT2D eigenvalue weighted by Crippen LogP contribution is -2.57. The summed E-state index contributed by atoms with van der Waals surface area (Å²) in [5.41, 5.74) is 1.34. The van der Waals surface area contributed by atoms with E-state index in [0.717, 1.165) is 26.2 Å². The van der Waals surface area contributed by atoms with Gasteiger partial charge in [-0.25, -0.2) is 0 Å². The molecule has 0 aliphatic carbocycles. The van der Waals surface area contributed by atoms with Crippen LogP contribution in [0.1, 0.15) is 39.7 Å². The Balaban J connectivity index is 2.01. The monoisotopic (exact) mass is 264 g/mol. The summed E-state index contributed by atoms with van der Waals surface area (Å²) < 4.78 is 2.01. The number of piperazine rings is 1. The molecule has 1 fully saturated rings. The number of hydrogen-bond donors (Lipinski definition) is 1. The number of nitrogens with one attached hydrogen (secondary N) is 1. The van der Waals surface area contributed by atoms with Gasteiger partial charge in [0.05, 0.1) is 6.20 Å². The summed E-state index contributed by atoms with van der Waals surface area (Å²) in [5.74, 6) is 0.693. The van der Waals surface area contributed by atoms with Gasteiger partial charge in [-0.15, -0.1) is 0 Å². The van der Waals surface area contributed by atoms with Crippen molar-refractivity contribution in [1.29, 1.82) is 0 Å². The van der Waals surface area contributed by atoms with Gasteiger partial charge < -0.3 is 5.32 Å². The van der Waals surface area contributed by atoms with Crippen LogP contribution in [-0.4, -0.2) is 39.9 Å². The van der Waals surface area contributed by atoms with Crippen LogP contribution in [0.3, 0.4) is 0 Å². The fraction of sp³-hybridized carbons (Fsp3) is 0.800. The predicted octanol–water partition coefficient (Wildman–Crippen LogP) is 2.11. The molecule has 1 aromatic rings. The van der Waals surface area contributed by atoms with Crippen molar-refractivity contribution in [1.82, 2.24) is 20.0 Å². The quantitative estimate of drug-likeness (QED) is 0.884. The van der Waals surface area contributed by atoms with E-state index in [-0.39, 0.29) is 0 Å². The minimum atomic E-state index is 0.615. The van der Waals surface area contributed by atoms with E-state index in [2.05, 4.69) is 49.2 Å². The van der Waals surface area contributed by atoms with Crippen molar-refractivity contribution in [2.75, 3.05) is 13.1 Å². The zero-order chi connectivity index (χ0) is 13.8. The fourth-order valence-electron chi connectivity index (χ4n) is 2.82. The van der Waals surface area contributed by atoms with Crippen molar-refractivity contribution >= 4 is 0 Å². The smallest absolute Gasteiger partial charge is 0.0534 e. The van der Waals surface area contributed by atoms with Crippen molar-refractivity contribution in [3.05, 3.63) is 18.0 Å². The number of aromatic nitrogens is 2. The Labute approximate surface area is 117 Å². The highest BCUT2D eigenvalue weighted by atomic mass is 15.3. The first-order valence-electron chi connectivity index (χ1n) is 7.62. The molecule has 1 saturated heterocycles. The van der Waals surface area contributed by atoms with E-state index in [1.807, 2.05) is 10.9 Å². The highest BCUT2D eigenvalue weighted by molar-refractivity contribution is 5.05. The third-order valence-electron chi connectivity index (χ3n) is 4.24. The molecular formula is C15H28N4. The van der Waals surface area contributed by atoms with Crippen LogP contribution in [0, 0.1) is 5.92 Å². The zero-order valence-corrected chi connectivity index (χ0v) is 12.8. The van der Waals surface area contributed by atoms with Crippen molar-refractivity contribution in [2.24, 2.45) is 5.92 Å². The molecule has 0 aromatic carbocycles. The predicted molar refractivity (Wildman–Crippen MR) is 79.0 cm³/mol. The van der Waals surface area contributed by atoms with Gasteiger partial charge in [-0.2, -0.15) is 5.10 Å². The van der Waals surface area contributed by atoms with Crippen molar-refractivity contribution in [3.8, 4) is 0 Å². The summed E-state index contributed by atoms with van der Waals surface area (Å²) in [4.78, 5) is 2.62. The topological polar surface area (TPSA) is 33.1 Å². The molecule has 0 spiro atoms. The molecule has 1 aliphatic heterocycles. The number of aryl methyl sites for hydroxylation is 1. The van der Waals surface area contributed by atoms with Crippen LogP contribution in [0.25, 0.3) is 0 Å². The SMILES string of the molecule is CCC1CNC(C(C)C)CN1Cc1cnn(CC)c1. The first-order valence-corrected chi connectivity index (χ1v) is 7.62. The van der Waals surface area contributed by atoms with Crippen LogP contribution >= 0.6 is 0 Å². The van der Waals surface area contributed by atoms with E-state index in [1.54, 1.807) is 0 Å². The molecule has 2 unspecified atom stereocenters. The third-order valence-corrected chi connectivity index (χ3v) is 4.24. The van der Waals surface area contributed by atoms with Gasteiger partial charge in [0.15, 0.2) is 0 Å². The molecule has 108 valence electrons. The Bertz CT molecular complexity index is 385. The van der Waals surface area contributed by atoms with E-state index < -0.39 is 0 Å². The first kappa shape index (κ1) is 14.5. The van der Waals surface area contributed by atoms with E-state index in [1.165, 1.54) is 12.0 Å². The molecule has 2 atom stereocenters. The van der Waals surface area contributed by atoms with Gasteiger partial charge in [-0.3, -0.25) is 9.58 Å². The Kier molecular flexibility index (Phi) is 4.99. The van der Waals surface area contributed by atoms with Crippen molar-refractivity contribution in [2.45, 2.75) is 59.3 Å². The molecule has 1 N–H and O–H groups in total. The summed E-state index contributed by atoms with van der Waals surface area (Å²) in [6, 6.07) is 1.27. The highest BCUT2D eigenvalue weighted by Crippen LogP contribution is 2.17.